The summed E-state index contributed by atoms with van der Waals surface area (Å²) < 4.78 is 0. The molecule has 24 heavy (non-hydrogen) atoms. The number of carbonyl (C=O) groups is 1. The minimum Gasteiger partial charge on any atom is -0.378 e. The molecule has 0 bridgehead atoms. The summed E-state index contributed by atoms with van der Waals surface area (Å²) in [6, 6.07) is 11.2. The van der Waals surface area contributed by atoms with Crippen molar-refractivity contribution in [1.82, 2.24) is 5.48 Å². The van der Waals surface area contributed by atoms with Crippen molar-refractivity contribution in [2.24, 2.45) is 0 Å². The van der Waals surface area contributed by atoms with Crippen LogP contribution in [0.15, 0.2) is 42.5 Å². The van der Waals surface area contributed by atoms with E-state index in [0.29, 0.717) is 11.1 Å². The maximum Gasteiger partial charge on any atom is 0.283 e. The van der Waals surface area contributed by atoms with Crippen molar-refractivity contribution in [3.8, 4) is 5.75 Å². The van der Waals surface area contributed by atoms with Gasteiger partial charge >= 0.3 is 0 Å². The van der Waals surface area contributed by atoms with Crippen LogP contribution in [0.4, 0.5) is 5.69 Å². The zero-order valence-corrected chi connectivity index (χ0v) is 14.3. The Bertz CT molecular complexity index is 770. The molecule has 0 saturated heterocycles. The fraction of sp³-hybridized carbons (Fsp3) is 0.235. The van der Waals surface area contributed by atoms with E-state index in [0.717, 1.165) is 0 Å². The molecule has 0 aromatic heterocycles. The van der Waals surface area contributed by atoms with E-state index in [4.69, 9.17) is 16.4 Å². The molecule has 0 saturated carbocycles. The smallest absolute Gasteiger partial charge is 0.283 e. The van der Waals surface area contributed by atoms with Gasteiger partial charge in [0.05, 0.1) is 15.5 Å². The number of hydroxylamine groups is 1. The molecule has 2 aromatic carbocycles. The molecule has 0 heterocycles. The van der Waals surface area contributed by atoms with Crippen LogP contribution in [0.3, 0.4) is 0 Å². The highest BCUT2D eigenvalue weighted by Crippen LogP contribution is 2.41. The summed E-state index contributed by atoms with van der Waals surface area (Å²) in [5.41, 5.74) is 2.40. The first kappa shape index (κ1) is 17.7. The standard InChI is InChI=1S/C17H17ClN2O4/c1-17(2,3)14-12(20(22)23)9-10-13(15(14)18)24-19-16(21)11-7-5-4-6-8-11/h4-10H,1-3H3,(H,19,21). The van der Waals surface area contributed by atoms with Crippen LogP contribution in [0.2, 0.25) is 5.02 Å². The van der Waals surface area contributed by atoms with E-state index in [2.05, 4.69) is 5.48 Å². The van der Waals surface area contributed by atoms with Crippen LogP contribution in [0.1, 0.15) is 36.7 Å². The molecule has 0 spiro atoms. The second kappa shape index (κ2) is 6.88. The van der Waals surface area contributed by atoms with Crippen LogP contribution >= 0.6 is 11.6 Å². The van der Waals surface area contributed by atoms with Crippen molar-refractivity contribution in [2.75, 3.05) is 0 Å². The number of hydrogen-bond donors (Lipinski definition) is 1. The minimum atomic E-state index is -0.567. The van der Waals surface area contributed by atoms with Crippen LogP contribution in [0.25, 0.3) is 0 Å². The maximum atomic E-state index is 12.0. The number of nitro benzene ring substituents is 1. The van der Waals surface area contributed by atoms with Crippen LogP contribution in [-0.2, 0) is 5.41 Å². The van der Waals surface area contributed by atoms with E-state index in [1.54, 1.807) is 30.3 Å². The lowest BCUT2D eigenvalue weighted by Gasteiger charge is -2.21. The number of nitrogens with zero attached hydrogens (tertiary/aromatic N) is 1. The summed E-state index contributed by atoms with van der Waals surface area (Å²) in [6.45, 7) is 5.44. The average molecular weight is 349 g/mol. The van der Waals surface area contributed by atoms with Gasteiger partial charge in [-0.1, -0.05) is 50.6 Å². The van der Waals surface area contributed by atoms with E-state index in [9.17, 15) is 14.9 Å². The highest BCUT2D eigenvalue weighted by molar-refractivity contribution is 6.33. The van der Waals surface area contributed by atoms with Crippen molar-refractivity contribution in [3.63, 3.8) is 0 Å². The largest absolute Gasteiger partial charge is 0.378 e. The number of amides is 1. The number of halogens is 1. The summed E-state index contributed by atoms with van der Waals surface area (Å²) >= 11 is 6.29. The Balaban J connectivity index is 2.29. The van der Waals surface area contributed by atoms with Crippen molar-refractivity contribution < 1.29 is 14.6 Å². The SMILES string of the molecule is CC(C)(C)c1c([N+](=O)[O-])ccc(ONC(=O)c2ccccc2)c1Cl. The average Bonchev–Trinajstić information content (AvgIpc) is 2.52. The van der Waals surface area contributed by atoms with E-state index in [-0.39, 0.29) is 16.5 Å². The Morgan fingerprint density at radius 2 is 1.79 bits per heavy atom. The molecule has 0 aliphatic heterocycles. The summed E-state index contributed by atoms with van der Waals surface area (Å²) in [4.78, 5) is 28.0. The van der Waals surface area contributed by atoms with Gasteiger partial charge in [-0.25, -0.2) is 0 Å². The summed E-state index contributed by atoms with van der Waals surface area (Å²) in [5, 5.41) is 11.3. The van der Waals surface area contributed by atoms with Crippen molar-refractivity contribution in [1.29, 1.82) is 0 Å². The lowest BCUT2D eigenvalue weighted by molar-refractivity contribution is -0.386. The van der Waals surface area contributed by atoms with Crippen LogP contribution < -0.4 is 10.3 Å². The number of rotatable bonds is 4. The van der Waals surface area contributed by atoms with Gasteiger partial charge in [-0.05, 0) is 23.6 Å². The zero-order valence-electron chi connectivity index (χ0n) is 13.5. The first-order valence-electron chi connectivity index (χ1n) is 7.21. The molecule has 1 amide bonds. The summed E-state index contributed by atoms with van der Waals surface area (Å²) in [6.07, 6.45) is 0. The van der Waals surface area contributed by atoms with Gasteiger partial charge in [0.2, 0.25) is 0 Å². The van der Waals surface area contributed by atoms with Crippen molar-refractivity contribution in [3.05, 3.63) is 68.7 Å². The first-order chi connectivity index (χ1) is 11.2. The van der Waals surface area contributed by atoms with Gasteiger partial charge in [0.25, 0.3) is 11.6 Å². The van der Waals surface area contributed by atoms with Crippen molar-refractivity contribution >= 4 is 23.2 Å². The number of benzene rings is 2. The molecule has 7 heteroatoms. The Morgan fingerprint density at radius 3 is 2.33 bits per heavy atom. The Labute approximate surface area is 144 Å². The van der Waals surface area contributed by atoms with E-state index >= 15 is 0 Å². The fourth-order valence-electron chi connectivity index (χ4n) is 2.24. The molecule has 1 N–H and O–H groups in total. The fourth-order valence-corrected chi connectivity index (χ4v) is 2.72. The lowest BCUT2D eigenvalue weighted by atomic mass is 9.85. The van der Waals surface area contributed by atoms with E-state index in [1.165, 1.54) is 12.1 Å². The van der Waals surface area contributed by atoms with Gasteiger partial charge in [-0.2, -0.15) is 5.48 Å². The number of hydrogen-bond acceptors (Lipinski definition) is 4. The molecular formula is C17H17ClN2O4. The maximum absolute atomic E-state index is 12.0. The highest BCUT2D eigenvalue weighted by Gasteiger charge is 2.30. The molecule has 126 valence electrons. The molecule has 0 fully saturated rings. The van der Waals surface area contributed by atoms with Gasteiger partial charge < -0.3 is 4.84 Å². The zero-order chi connectivity index (χ0) is 17.9. The van der Waals surface area contributed by atoms with E-state index < -0.39 is 16.2 Å². The molecule has 0 aliphatic rings. The van der Waals surface area contributed by atoms with Gasteiger partial charge in [-0.15, -0.1) is 0 Å². The number of nitro groups is 1. The lowest BCUT2D eigenvalue weighted by Crippen LogP contribution is -2.27. The topological polar surface area (TPSA) is 81.5 Å². The second-order valence-corrected chi connectivity index (χ2v) is 6.56. The Morgan fingerprint density at radius 1 is 1.17 bits per heavy atom. The Kier molecular flexibility index (Phi) is 5.09. The summed E-state index contributed by atoms with van der Waals surface area (Å²) in [7, 11) is 0. The predicted octanol–water partition coefficient (Wildman–Crippen LogP) is 4.27. The summed E-state index contributed by atoms with van der Waals surface area (Å²) in [5.74, 6) is -0.293. The van der Waals surface area contributed by atoms with Gasteiger partial charge in [-0.3, -0.25) is 14.9 Å². The quantitative estimate of drug-likeness (QED) is 0.660. The van der Waals surface area contributed by atoms with Gasteiger partial charge in [0.15, 0.2) is 5.75 Å². The molecule has 2 aromatic rings. The molecule has 0 radical (unpaired) electrons. The highest BCUT2D eigenvalue weighted by atomic mass is 35.5. The minimum absolute atomic E-state index is 0.0887. The van der Waals surface area contributed by atoms with Gasteiger partial charge in [0, 0.05) is 11.6 Å². The van der Waals surface area contributed by atoms with Crippen molar-refractivity contribution in [2.45, 2.75) is 26.2 Å². The monoisotopic (exact) mass is 348 g/mol. The van der Waals surface area contributed by atoms with Crippen LogP contribution in [0.5, 0.6) is 5.75 Å². The molecular weight excluding hydrogens is 332 g/mol. The third-order valence-corrected chi connectivity index (χ3v) is 3.70. The number of carbonyl (C=O) groups excluding carboxylic acids is 1. The molecule has 0 aliphatic carbocycles. The molecule has 6 nitrogen and oxygen atoms in total. The second-order valence-electron chi connectivity index (χ2n) is 6.18. The molecule has 0 unspecified atom stereocenters. The third-order valence-electron chi connectivity index (χ3n) is 3.32. The molecule has 0 atom stereocenters. The van der Waals surface area contributed by atoms with Crippen LogP contribution in [0, 0.1) is 10.1 Å². The first-order valence-corrected chi connectivity index (χ1v) is 7.59. The molecule has 2 rings (SSSR count). The normalized spacial score (nSPS) is 11.0. The van der Waals surface area contributed by atoms with Gasteiger partial charge in [0.1, 0.15) is 0 Å². The Hall–Kier alpha value is -2.60. The number of nitrogens with one attached hydrogen (secondary N) is 1. The predicted molar refractivity (Wildman–Crippen MR) is 91.3 cm³/mol. The van der Waals surface area contributed by atoms with Crippen LogP contribution in [-0.4, -0.2) is 10.8 Å². The third kappa shape index (κ3) is 3.83. The van der Waals surface area contributed by atoms with E-state index in [1.807, 2.05) is 20.8 Å².